The molecule has 0 radical (unpaired) electrons. The molecule has 1 aliphatic heterocycles. The molecule has 3 aromatic rings. The number of hydrogen-bond donors (Lipinski definition) is 2. The third-order valence-corrected chi connectivity index (χ3v) is 5.69. The van der Waals surface area contributed by atoms with E-state index in [0.717, 1.165) is 5.75 Å². The van der Waals surface area contributed by atoms with E-state index in [2.05, 4.69) is 20.8 Å². The molecule has 0 fully saturated rings. The number of benzene rings is 2. The molecule has 1 aliphatic rings. The van der Waals surface area contributed by atoms with Crippen LogP contribution in [-0.2, 0) is 18.4 Å². The predicted molar refractivity (Wildman–Crippen MR) is 117 cm³/mol. The van der Waals surface area contributed by atoms with Crippen molar-refractivity contribution in [3.05, 3.63) is 53.9 Å². The van der Waals surface area contributed by atoms with Crippen LogP contribution in [0.3, 0.4) is 0 Å². The van der Waals surface area contributed by atoms with Gasteiger partial charge in [0.1, 0.15) is 5.75 Å². The fraction of sp³-hybridized carbons (Fsp3) is 0.238. The highest BCUT2D eigenvalue weighted by atomic mass is 32.2. The summed E-state index contributed by atoms with van der Waals surface area (Å²) in [5.41, 5.74) is 1.14. The van der Waals surface area contributed by atoms with Gasteiger partial charge >= 0.3 is 0 Å². The van der Waals surface area contributed by atoms with Crippen molar-refractivity contribution in [2.24, 2.45) is 7.05 Å². The largest absolute Gasteiger partial charge is 0.497 e. The second-order valence-corrected chi connectivity index (χ2v) is 7.72. The summed E-state index contributed by atoms with van der Waals surface area (Å²) in [6.45, 7) is 0.341. The Morgan fingerprint density at radius 1 is 1.12 bits per heavy atom. The van der Waals surface area contributed by atoms with Crippen molar-refractivity contribution >= 4 is 29.3 Å². The molecule has 0 atom stereocenters. The monoisotopic (exact) mass is 455 g/mol. The van der Waals surface area contributed by atoms with Crippen LogP contribution in [0.4, 0.5) is 5.69 Å². The lowest BCUT2D eigenvalue weighted by Crippen LogP contribution is -2.24. The van der Waals surface area contributed by atoms with Crippen molar-refractivity contribution in [3.8, 4) is 17.2 Å². The number of aromatic nitrogens is 3. The second kappa shape index (κ2) is 9.60. The number of methoxy groups -OCH3 is 1. The molecule has 32 heavy (non-hydrogen) atoms. The van der Waals surface area contributed by atoms with Crippen LogP contribution in [0.5, 0.6) is 17.2 Å². The van der Waals surface area contributed by atoms with E-state index >= 15 is 0 Å². The van der Waals surface area contributed by atoms with E-state index in [1.165, 1.54) is 11.8 Å². The van der Waals surface area contributed by atoms with Crippen LogP contribution in [0.15, 0.2) is 47.6 Å². The summed E-state index contributed by atoms with van der Waals surface area (Å²) in [5.74, 6) is 2.18. The average Bonchev–Trinajstić information content (AvgIpc) is 3.42. The zero-order chi connectivity index (χ0) is 22.5. The Labute approximate surface area is 188 Å². The molecule has 10 nitrogen and oxygen atoms in total. The van der Waals surface area contributed by atoms with E-state index in [-0.39, 0.29) is 30.9 Å². The minimum Gasteiger partial charge on any atom is -0.497 e. The van der Waals surface area contributed by atoms with Gasteiger partial charge in [0.15, 0.2) is 22.5 Å². The van der Waals surface area contributed by atoms with Gasteiger partial charge in [-0.05, 0) is 42.5 Å². The maximum Gasteiger partial charge on any atom is 0.251 e. The molecule has 0 saturated heterocycles. The van der Waals surface area contributed by atoms with Gasteiger partial charge in [-0.25, -0.2) is 0 Å². The van der Waals surface area contributed by atoms with Crippen molar-refractivity contribution in [3.63, 3.8) is 0 Å². The number of anilines is 1. The Morgan fingerprint density at radius 3 is 2.69 bits per heavy atom. The van der Waals surface area contributed by atoms with E-state index in [9.17, 15) is 9.59 Å². The Balaban J connectivity index is 1.28. The summed E-state index contributed by atoms with van der Waals surface area (Å²) in [7, 11) is 3.37. The Bertz CT molecular complexity index is 1130. The van der Waals surface area contributed by atoms with Crippen molar-refractivity contribution in [1.29, 1.82) is 0 Å². The molecule has 0 bridgehead atoms. The lowest BCUT2D eigenvalue weighted by molar-refractivity contribution is -0.113. The highest BCUT2D eigenvalue weighted by Crippen LogP contribution is 2.32. The topological polar surface area (TPSA) is 117 Å². The summed E-state index contributed by atoms with van der Waals surface area (Å²) in [6, 6.07) is 12.1. The SMILES string of the molecule is COc1ccc(NC(=O)CSc2nnc(CNC(=O)c3ccc4c(c3)OCO4)n2C)cc1. The maximum atomic E-state index is 12.4. The fourth-order valence-corrected chi connectivity index (χ4v) is 3.66. The molecular weight excluding hydrogens is 434 g/mol. The van der Waals surface area contributed by atoms with E-state index in [1.807, 2.05) is 0 Å². The Kier molecular flexibility index (Phi) is 6.45. The summed E-state index contributed by atoms with van der Waals surface area (Å²) in [4.78, 5) is 24.6. The lowest BCUT2D eigenvalue weighted by Gasteiger charge is -2.07. The fourth-order valence-electron chi connectivity index (χ4n) is 2.93. The molecule has 166 valence electrons. The first-order chi connectivity index (χ1) is 15.5. The number of rotatable bonds is 8. The molecule has 11 heteroatoms. The molecule has 2 aromatic carbocycles. The predicted octanol–water partition coefficient (Wildman–Crippen LogP) is 2.21. The smallest absolute Gasteiger partial charge is 0.251 e. The number of thioether (sulfide) groups is 1. The van der Waals surface area contributed by atoms with E-state index in [4.69, 9.17) is 14.2 Å². The summed E-state index contributed by atoms with van der Waals surface area (Å²) >= 11 is 1.26. The van der Waals surface area contributed by atoms with E-state index < -0.39 is 0 Å². The van der Waals surface area contributed by atoms with Crippen LogP contribution in [0.1, 0.15) is 16.2 Å². The van der Waals surface area contributed by atoms with Crippen LogP contribution < -0.4 is 24.8 Å². The summed E-state index contributed by atoms with van der Waals surface area (Å²) in [5, 5.41) is 14.4. The van der Waals surface area contributed by atoms with Crippen LogP contribution in [0.25, 0.3) is 0 Å². The van der Waals surface area contributed by atoms with Gasteiger partial charge in [-0.1, -0.05) is 11.8 Å². The number of nitrogens with one attached hydrogen (secondary N) is 2. The number of hydrogen-bond acceptors (Lipinski definition) is 8. The molecule has 2 N–H and O–H groups in total. The molecule has 0 saturated carbocycles. The van der Waals surface area contributed by atoms with Crippen LogP contribution in [-0.4, -0.2) is 46.2 Å². The maximum absolute atomic E-state index is 12.4. The van der Waals surface area contributed by atoms with Crippen molar-refractivity contribution < 1.29 is 23.8 Å². The molecular formula is C21H21N5O5S. The second-order valence-electron chi connectivity index (χ2n) is 6.77. The molecule has 2 heterocycles. The van der Waals surface area contributed by atoms with Gasteiger partial charge in [0.05, 0.1) is 19.4 Å². The average molecular weight is 455 g/mol. The van der Waals surface area contributed by atoms with Crippen LogP contribution in [0.2, 0.25) is 0 Å². The standard InChI is InChI=1S/C21H21N5O5S/c1-26-18(10-22-20(28)13-3-8-16-17(9-13)31-12-30-16)24-25-21(26)32-11-19(27)23-14-4-6-15(29-2)7-5-14/h3-9H,10-12H2,1-2H3,(H,22,28)(H,23,27). The normalized spacial score (nSPS) is 11.8. The first-order valence-corrected chi connectivity index (χ1v) is 10.6. The minimum atomic E-state index is -0.264. The van der Waals surface area contributed by atoms with E-state index in [1.54, 1.807) is 61.2 Å². The lowest BCUT2D eigenvalue weighted by atomic mass is 10.2. The van der Waals surface area contributed by atoms with Crippen molar-refractivity contribution in [2.45, 2.75) is 11.7 Å². The molecule has 0 unspecified atom stereocenters. The Hall–Kier alpha value is -3.73. The van der Waals surface area contributed by atoms with Crippen LogP contribution in [0, 0.1) is 0 Å². The van der Waals surface area contributed by atoms with Gasteiger partial charge in [-0.15, -0.1) is 10.2 Å². The molecule has 2 amide bonds. The van der Waals surface area contributed by atoms with Gasteiger partial charge in [-0.2, -0.15) is 0 Å². The zero-order valence-electron chi connectivity index (χ0n) is 17.5. The van der Waals surface area contributed by atoms with Gasteiger partial charge < -0.3 is 29.4 Å². The van der Waals surface area contributed by atoms with Gasteiger partial charge in [0.2, 0.25) is 12.7 Å². The third kappa shape index (κ3) is 4.94. The van der Waals surface area contributed by atoms with Gasteiger partial charge in [0.25, 0.3) is 5.91 Å². The first kappa shape index (κ1) is 21.5. The summed E-state index contributed by atoms with van der Waals surface area (Å²) < 4.78 is 17.4. The molecule has 1 aromatic heterocycles. The number of fused-ring (bicyclic) bond motifs is 1. The van der Waals surface area contributed by atoms with Gasteiger partial charge in [-0.3, -0.25) is 9.59 Å². The minimum absolute atomic E-state index is 0.151. The number of carbonyl (C=O) groups excluding carboxylic acids is 2. The summed E-state index contributed by atoms with van der Waals surface area (Å²) in [6.07, 6.45) is 0. The van der Waals surface area contributed by atoms with E-state index in [0.29, 0.717) is 33.7 Å². The first-order valence-electron chi connectivity index (χ1n) is 9.66. The quantitative estimate of drug-likeness (QED) is 0.497. The number of carbonyl (C=O) groups is 2. The third-order valence-electron chi connectivity index (χ3n) is 4.67. The van der Waals surface area contributed by atoms with Crippen molar-refractivity contribution in [2.75, 3.05) is 25.0 Å². The molecule has 0 spiro atoms. The number of nitrogens with zero attached hydrogens (tertiary/aromatic N) is 3. The highest BCUT2D eigenvalue weighted by molar-refractivity contribution is 7.99. The highest BCUT2D eigenvalue weighted by Gasteiger charge is 2.17. The number of ether oxygens (including phenoxy) is 3. The van der Waals surface area contributed by atoms with Crippen molar-refractivity contribution in [1.82, 2.24) is 20.1 Å². The Morgan fingerprint density at radius 2 is 1.91 bits per heavy atom. The zero-order valence-corrected chi connectivity index (χ0v) is 18.3. The number of amides is 2. The molecule has 4 rings (SSSR count). The van der Waals surface area contributed by atoms with Crippen LogP contribution >= 0.6 is 11.8 Å². The van der Waals surface area contributed by atoms with Gasteiger partial charge in [0, 0.05) is 18.3 Å². The molecule has 0 aliphatic carbocycles.